The van der Waals surface area contributed by atoms with Gasteiger partial charge in [-0.3, -0.25) is 4.79 Å². The number of hydrogen-bond acceptors (Lipinski definition) is 5. The minimum absolute atomic E-state index is 0.0989. The van der Waals surface area contributed by atoms with Gasteiger partial charge in [-0.25, -0.2) is 14.4 Å². The van der Waals surface area contributed by atoms with Gasteiger partial charge in [-0.2, -0.15) is 11.3 Å². The van der Waals surface area contributed by atoms with Crippen LogP contribution >= 0.6 is 11.3 Å². The molecule has 1 amide bonds. The van der Waals surface area contributed by atoms with Crippen LogP contribution in [0.25, 0.3) is 0 Å². The van der Waals surface area contributed by atoms with Crippen LogP contribution in [-0.2, 0) is 0 Å². The summed E-state index contributed by atoms with van der Waals surface area (Å²) in [7, 11) is 0. The summed E-state index contributed by atoms with van der Waals surface area (Å²) in [6.07, 6.45) is 5.56. The molecule has 0 aliphatic carbocycles. The Bertz CT molecular complexity index is 721. The van der Waals surface area contributed by atoms with E-state index in [9.17, 15) is 9.18 Å². The molecule has 0 bridgehead atoms. The van der Waals surface area contributed by atoms with Gasteiger partial charge in [0.25, 0.3) is 5.91 Å². The number of nitrogens with zero attached hydrogens (tertiary/aromatic N) is 4. The molecule has 0 radical (unpaired) electrons. The van der Waals surface area contributed by atoms with Crippen molar-refractivity contribution in [2.45, 2.75) is 19.3 Å². The summed E-state index contributed by atoms with van der Waals surface area (Å²) in [4.78, 5) is 24.9. The van der Waals surface area contributed by atoms with Crippen molar-refractivity contribution in [2.24, 2.45) is 5.41 Å². The van der Waals surface area contributed by atoms with Crippen molar-refractivity contribution < 1.29 is 9.18 Å². The van der Waals surface area contributed by atoms with Gasteiger partial charge < -0.3 is 9.80 Å². The maximum Gasteiger partial charge on any atom is 0.254 e. The molecule has 24 heavy (non-hydrogen) atoms. The second kappa shape index (κ2) is 6.12. The number of aromatic nitrogens is 2. The predicted octanol–water partition coefficient (Wildman–Crippen LogP) is 2.81. The van der Waals surface area contributed by atoms with E-state index in [1.807, 2.05) is 21.7 Å². The van der Waals surface area contributed by atoms with Crippen molar-refractivity contribution in [3.63, 3.8) is 0 Å². The van der Waals surface area contributed by atoms with E-state index in [0.717, 1.165) is 51.0 Å². The fourth-order valence-electron chi connectivity index (χ4n) is 3.86. The molecule has 1 unspecified atom stereocenters. The van der Waals surface area contributed by atoms with Crippen LogP contribution in [0, 0.1) is 11.2 Å². The highest BCUT2D eigenvalue weighted by atomic mass is 32.1. The lowest BCUT2D eigenvalue weighted by Crippen LogP contribution is -2.47. The number of thiophene rings is 1. The number of likely N-dealkylation sites (tertiary alicyclic amines) is 1. The standard InChI is InChI=1S/C17H19FN4OS/c18-14-8-19-16(20-9-14)22-6-4-17(12-22)3-1-5-21(11-17)15(23)13-2-7-24-10-13/h2,7-10H,1,3-6,11-12H2. The number of carbonyl (C=O) groups is 1. The molecule has 0 N–H and O–H groups in total. The third kappa shape index (κ3) is 2.88. The maximum atomic E-state index is 13.0. The number of piperidine rings is 1. The second-order valence-electron chi connectivity index (χ2n) is 6.72. The zero-order chi connectivity index (χ0) is 16.6. The third-order valence-electron chi connectivity index (χ3n) is 5.04. The smallest absolute Gasteiger partial charge is 0.254 e. The molecule has 2 fully saturated rings. The van der Waals surface area contributed by atoms with Crippen LogP contribution in [0.5, 0.6) is 0 Å². The summed E-state index contributed by atoms with van der Waals surface area (Å²) in [6.45, 7) is 3.28. The Balaban J connectivity index is 1.47. The van der Waals surface area contributed by atoms with E-state index >= 15 is 0 Å². The summed E-state index contributed by atoms with van der Waals surface area (Å²) < 4.78 is 13.0. The maximum absolute atomic E-state index is 13.0. The number of amides is 1. The first kappa shape index (κ1) is 15.5. The van der Waals surface area contributed by atoms with Crippen LogP contribution in [0.15, 0.2) is 29.2 Å². The van der Waals surface area contributed by atoms with E-state index in [-0.39, 0.29) is 11.3 Å². The Kier molecular flexibility index (Phi) is 3.96. The average Bonchev–Trinajstić information content (AvgIpc) is 3.26. The van der Waals surface area contributed by atoms with Gasteiger partial charge in [-0.15, -0.1) is 0 Å². The Morgan fingerprint density at radius 1 is 1.21 bits per heavy atom. The predicted molar refractivity (Wildman–Crippen MR) is 90.7 cm³/mol. The zero-order valence-corrected chi connectivity index (χ0v) is 14.1. The Morgan fingerprint density at radius 3 is 2.79 bits per heavy atom. The minimum atomic E-state index is -0.419. The van der Waals surface area contributed by atoms with E-state index in [1.54, 1.807) is 11.3 Å². The molecule has 126 valence electrons. The Labute approximate surface area is 144 Å². The molecule has 2 saturated heterocycles. The van der Waals surface area contributed by atoms with Gasteiger partial charge in [0.1, 0.15) is 0 Å². The highest BCUT2D eigenvalue weighted by Crippen LogP contribution is 2.40. The summed E-state index contributed by atoms with van der Waals surface area (Å²) in [5.74, 6) is 0.291. The SMILES string of the molecule is O=C(c1ccsc1)N1CCCC2(CCN(c3ncc(F)cn3)C2)C1. The molecule has 4 heterocycles. The number of anilines is 1. The van der Waals surface area contributed by atoms with Crippen molar-refractivity contribution in [3.8, 4) is 0 Å². The lowest BCUT2D eigenvalue weighted by molar-refractivity contribution is 0.0557. The monoisotopic (exact) mass is 346 g/mol. The summed E-state index contributed by atoms with van der Waals surface area (Å²) >= 11 is 1.55. The highest BCUT2D eigenvalue weighted by molar-refractivity contribution is 7.08. The van der Waals surface area contributed by atoms with Crippen LogP contribution in [0.2, 0.25) is 0 Å². The van der Waals surface area contributed by atoms with E-state index < -0.39 is 5.82 Å². The molecular formula is C17H19FN4OS. The van der Waals surface area contributed by atoms with E-state index in [2.05, 4.69) is 14.9 Å². The molecule has 2 aromatic rings. The average molecular weight is 346 g/mol. The lowest BCUT2D eigenvalue weighted by atomic mass is 9.79. The van der Waals surface area contributed by atoms with Gasteiger partial charge in [-0.1, -0.05) is 0 Å². The van der Waals surface area contributed by atoms with Gasteiger partial charge in [-0.05, 0) is 30.7 Å². The van der Waals surface area contributed by atoms with Gasteiger partial charge in [0.2, 0.25) is 5.95 Å². The number of rotatable bonds is 2. The topological polar surface area (TPSA) is 49.3 Å². The lowest BCUT2D eigenvalue weighted by Gasteiger charge is -2.40. The van der Waals surface area contributed by atoms with Gasteiger partial charge >= 0.3 is 0 Å². The molecule has 1 spiro atoms. The van der Waals surface area contributed by atoms with Gasteiger partial charge in [0.15, 0.2) is 5.82 Å². The molecule has 7 heteroatoms. The molecule has 0 saturated carbocycles. The number of hydrogen-bond donors (Lipinski definition) is 0. The first-order chi connectivity index (χ1) is 11.7. The molecule has 0 aromatic carbocycles. The van der Waals surface area contributed by atoms with E-state index in [1.165, 1.54) is 12.4 Å². The minimum Gasteiger partial charge on any atom is -0.340 e. The molecule has 1 atom stereocenters. The van der Waals surface area contributed by atoms with Crippen LogP contribution in [-0.4, -0.2) is 47.0 Å². The summed E-state index contributed by atoms with van der Waals surface area (Å²) in [5.41, 5.74) is 0.885. The molecular weight excluding hydrogens is 327 g/mol. The van der Waals surface area contributed by atoms with E-state index in [4.69, 9.17) is 0 Å². The summed E-state index contributed by atoms with van der Waals surface area (Å²) in [5, 5.41) is 3.85. The molecule has 4 rings (SSSR count). The second-order valence-corrected chi connectivity index (χ2v) is 7.50. The first-order valence-electron chi connectivity index (χ1n) is 8.19. The first-order valence-corrected chi connectivity index (χ1v) is 9.14. The Morgan fingerprint density at radius 2 is 2.04 bits per heavy atom. The number of halogens is 1. The van der Waals surface area contributed by atoms with Gasteiger partial charge in [0, 0.05) is 37.0 Å². The quantitative estimate of drug-likeness (QED) is 0.839. The van der Waals surface area contributed by atoms with Gasteiger partial charge in [0.05, 0.1) is 18.0 Å². The molecule has 2 aromatic heterocycles. The van der Waals surface area contributed by atoms with Crippen molar-refractivity contribution in [2.75, 3.05) is 31.1 Å². The molecule has 2 aliphatic rings. The number of carbonyl (C=O) groups excluding carboxylic acids is 1. The normalized spacial score (nSPS) is 23.9. The molecule has 5 nitrogen and oxygen atoms in total. The fraction of sp³-hybridized carbons (Fsp3) is 0.471. The third-order valence-corrected chi connectivity index (χ3v) is 5.73. The zero-order valence-electron chi connectivity index (χ0n) is 13.3. The van der Waals surface area contributed by atoms with Crippen molar-refractivity contribution in [3.05, 3.63) is 40.6 Å². The van der Waals surface area contributed by atoms with Crippen LogP contribution in [0.4, 0.5) is 10.3 Å². The van der Waals surface area contributed by atoms with E-state index in [0.29, 0.717) is 5.95 Å². The van der Waals surface area contributed by atoms with Crippen LogP contribution < -0.4 is 4.90 Å². The molecule has 2 aliphatic heterocycles. The largest absolute Gasteiger partial charge is 0.340 e. The fourth-order valence-corrected chi connectivity index (χ4v) is 4.49. The van der Waals surface area contributed by atoms with Crippen molar-refractivity contribution in [1.29, 1.82) is 0 Å². The summed E-state index contributed by atoms with van der Waals surface area (Å²) in [6, 6.07) is 1.89. The highest BCUT2D eigenvalue weighted by Gasteiger charge is 2.43. The van der Waals surface area contributed by atoms with Crippen LogP contribution in [0.1, 0.15) is 29.6 Å². The Hall–Kier alpha value is -2.02. The van der Waals surface area contributed by atoms with Crippen LogP contribution in [0.3, 0.4) is 0 Å². The van der Waals surface area contributed by atoms with Crippen molar-refractivity contribution in [1.82, 2.24) is 14.9 Å². The van der Waals surface area contributed by atoms with Crippen molar-refractivity contribution >= 4 is 23.2 Å².